The summed E-state index contributed by atoms with van der Waals surface area (Å²) in [5.74, 6) is 1.10. The Bertz CT molecular complexity index is 463. The van der Waals surface area contributed by atoms with Crippen LogP contribution in [0.3, 0.4) is 0 Å². The maximum absolute atomic E-state index is 11.7. The van der Waals surface area contributed by atoms with Crippen LogP contribution in [0.15, 0.2) is 12.1 Å². The first-order valence-electron chi connectivity index (χ1n) is 7.38. The van der Waals surface area contributed by atoms with E-state index in [1.54, 1.807) is 12.1 Å². The van der Waals surface area contributed by atoms with Crippen LogP contribution in [0.25, 0.3) is 0 Å². The van der Waals surface area contributed by atoms with Crippen molar-refractivity contribution in [3.63, 3.8) is 0 Å². The fourth-order valence-corrected chi connectivity index (χ4v) is 1.62. The molecule has 21 heavy (non-hydrogen) atoms. The SMILES string of the molecule is CCC(C)NC(=O)CCNc1ccc(N)c(OC(C)C)n1. The molecule has 1 unspecified atom stereocenters. The van der Waals surface area contributed by atoms with Gasteiger partial charge in [0.15, 0.2) is 0 Å². The Morgan fingerprint density at radius 3 is 2.71 bits per heavy atom. The Morgan fingerprint density at radius 2 is 2.10 bits per heavy atom. The molecular weight excluding hydrogens is 268 g/mol. The molecule has 1 amide bonds. The second-order valence-corrected chi connectivity index (χ2v) is 5.31. The number of nitrogens with one attached hydrogen (secondary N) is 2. The second-order valence-electron chi connectivity index (χ2n) is 5.31. The Kier molecular flexibility index (Phi) is 6.78. The van der Waals surface area contributed by atoms with Crippen LogP contribution in [0.5, 0.6) is 5.88 Å². The van der Waals surface area contributed by atoms with Crippen LogP contribution in [-0.2, 0) is 4.79 Å². The third kappa shape index (κ3) is 6.33. The lowest BCUT2D eigenvalue weighted by Crippen LogP contribution is -2.33. The minimum absolute atomic E-state index is 0.0105. The van der Waals surface area contributed by atoms with Crippen LogP contribution < -0.4 is 21.1 Å². The Hall–Kier alpha value is -1.98. The summed E-state index contributed by atoms with van der Waals surface area (Å²) in [6.45, 7) is 8.38. The minimum Gasteiger partial charge on any atom is -0.473 e. The molecule has 1 aromatic heterocycles. The monoisotopic (exact) mass is 294 g/mol. The van der Waals surface area contributed by atoms with E-state index in [-0.39, 0.29) is 18.1 Å². The molecule has 0 fully saturated rings. The van der Waals surface area contributed by atoms with Crippen LogP contribution >= 0.6 is 0 Å². The number of ether oxygens (including phenoxy) is 1. The zero-order valence-corrected chi connectivity index (χ0v) is 13.3. The summed E-state index contributed by atoms with van der Waals surface area (Å²) in [7, 11) is 0. The molecule has 1 heterocycles. The number of amides is 1. The highest BCUT2D eigenvalue weighted by molar-refractivity contribution is 5.76. The molecule has 0 aromatic carbocycles. The van der Waals surface area contributed by atoms with Gasteiger partial charge in [-0.05, 0) is 39.3 Å². The summed E-state index contributed by atoms with van der Waals surface area (Å²) in [5.41, 5.74) is 6.31. The molecule has 0 aliphatic heterocycles. The van der Waals surface area contributed by atoms with Gasteiger partial charge < -0.3 is 21.1 Å². The molecule has 0 aliphatic rings. The van der Waals surface area contributed by atoms with Crippen LogP contribution in [0.1, 0.15) is 40.5 Å². The van der Waals surface area contributed by atoms with Crippen molar-refractivity contribution in [2.24, 2.45) is 0 Å². The molecule has 6 heteroatoms. The summed E-state index contributed by atoms with van der Waals surface area (Å²) in [6.07, 6.45) is 1.34. The molecular formula is C15H26N4O2. The van der Waals surface area contributed by atoms with E-state index < -0.39 is 0 Å². The first kappa shape index (κ1) is 17.1. The molecule has 0 radical (unpaired) electrons. The van der Waals surface area contributed by atoms with Crippen molar-refractivity contribution in [3.05, 3.63) is 12.1 Å². The van der Waals surface area contributed by atoms with Gasteiger partial charge in [0.2, 0.25) is 11.8 Å². The molecule has 1 atom stereocenters. The van der Waals surface area contributed by atoms with Gasteiger partial charge in [0.1, 0.15) is 5.82 Å². The number of anilines is 2. The summed E-state index contributed by atoms with van der Waals surface area (Å²) in [5, 5.41) is 6.02. The largest absolute Gasteiger partial charge is 0.473 e. The molecule has 1 aromatic rings. The predicted molar refractivity (Wildman–Crippen MR) is 85.4 cm³/mol. The number of nitrogens with zero attached hydrogens (tertiary/aromatic N) is 1. The lowest BCUT2D eigenvalue weighted by molar-refractivity contribution is -0.121. The van der Waals surface area contributed by atoms with E-state index in [1.807, 2.05) is 27.7 Å². The van der Waals surface area contributed by atoms with Gasteiger partial charge in [-0.3, -0.25) is 4.79 Å². The maximum Gasteiger partial charge on any atom is 0.239 e. The first-order chi connectivity index (χ1) is 9.92. The van der Waals surface area contributed by atoms with Crippen molar-refractivity contribution in [2.45, 2.75) is 52.7 Å². The molecule has 0 spiro atoms. The molecule has 1 rings (SSSR count). The van der Waals surface area contributed by atoms with Crippen LogP contribution in [0.2, 0.25) is 0 Å². The third-order valence-corrected chi connectivity index (χ3v) is 2.91. The molecule has 0 bridgehead atoms. The van der Waals surface area contributed by atoms with Crippen molar-refractivity contribution >= 4 is 17.4 Å². The molecule has 0 saturated heterocycles. The smallest absolute Gasteiger partial charge is 0.239 e. The topological polar surface area (TPSA) is 89.3 Å². The van der Waals surface area contributed by atoms with Gasteiger partial charge in [0, 0.05) is 19.0 Å². The van der Waals surface area contributed by atoms with Crippen LogP contribution in [0.4, 0.5) is 11.5 Å². The second kappa shape index (κ2) is 8.34. The first-order valence-corrected chi connectivity index (χ1v) is 7.38. The zero-order chi connectivity index (χ0) is 15.8. The molecule has 0 aliphatic carbocycles. The zero-order valence-electron chi connectivity index (χ0n) is 13.3. The quantitative estimate of drug-likeness (QED) is 0.683. The average molecular weight is 294 g/mol. The van der Waals surface area contributed by atoms with E-state index >= 15 is 0 Å². The summed E-state index contributed by atoms with van der Waals surface area (Å²) in [4.78, 5) is 15.9. The number of nitrogen functional groups attached to an aromatic ring is 1. The lowest BCUT2D eigenvalue weighted by Gasteiger charge is -2.14. The molecule has 6 nitrogen and oxygen atoms in total. The Morgan fingerprint density at radius 1 is 1.38 bits per heavy atom. The van der Waals surface area contributed by atoms with Gasteiger partial charge in [-0.1, -0.05) is 6.92 Å². The summed E-state index contributed by atoms with van der Waals surface area (Å²) >= 11 is 0. The van der Waals surface area contributed by atoms with Gasteiger partial charge in [-0.2, -0.15) is 4.98 Å². The number of hydrogen-bond acceptors (Lipinski definition) is 5. The van der Waals surface area contributed by atoms with Crippen molar-refractivity contribution in [1.82, 2.24) is 10.3 Å². The van der Waals surface area contributed by atoms with E-state index in [4.69, 9.17) is 10.5 Å². The lowest BCUT2D eigenvalue weighted by atomic mass is 10.2. The predicted octanol–water partition coefficient (Wildman–Crippen LogP) is 2.17. The number of carbonyl (C=O) groups excluding carboxylic acids is 1. The Balaban J connectivity index is 2.47. The number of carbonyl (C=O) groups is 1. The van der Waals surface area contributed by atoms with E-state index in [0.29, 0.717) is 30.4 Å². The van der Waals surface area contributed by atoms with Gasteiger partial charge in [-0.25, -0.2) is 0 Å². The number of rotatable bonds is 8. The van der Waals surface area contributed by atoms with E-state index in [9.17, 15) is 4.79 Å². The van der Waals surface area contributed by atoms with Gasteiger partial charge in [0.25, 0.3) is 0 Å². The average Bonchev–Trinajstić information content (AvgIpc) is 2.41. The highest BCUT2D eigenvalue weighted by atomic mass is 16.5. The van der Waals surface area contributed by atoms with Gasteiger partial charge >= 0.3 is 0 Å². The highest BCUT2D eigenvalue weighted by Crippen LogP contribution is 2.21. The summed E-state index contributed by atoms with van der Waals surface area (Å²) in [6, 6.07) is 3.72. The molecule has 4 N–H and O–H groups in total. The van der Waals surface area contributed by atoms with Crippen molar-refractivity contribution < 1.29 is 9.53 Å². The van der Waals surface area contributed by atoms with E-state index in [2.05, 4.69) is 15.6 Å². The van der Waals surface area contributed by atoms with Crippen molar-refractivity contribution in [3.8, 4) is 5.88 Å². The summed E-state index contributed by atoms with van der Waals surface area (Å²) < 4.78 is 5.52. The molecule has 0 saturated carbocycles. The van der Waals surface area contributed by atoms with Gasteiger partial charge in [-0.15, -0.1) is 0 Å². The standard InChI is InChI=1S/C15H26N4O2/c1-5-11(4)18-14(20)8-9-17-13-7-6-12(16)15(19-13)21-10(2)3/h6-7,10-11H,5,8-9,16H2,1-4H3,(H,17,19)(H,18,20). The van der Waals surface area contributed by atoms with Crippen LogP contribution in [-0.4, -0.2) is 29.6 Å². The van der Waals surface area contributed by atoms with E-state index in [0.717, 1.165) is 6.42 Å². The number of hydrogen-bond donors (Lipinski definition) is 3. The fourth-order valence-electron chi connectivity index (χ4n) is 1.62. The molecule has 118 valence electrons. The Labute approximate surface area is 126 Å². The minimum atomic E-state index is 0.0105. The van der Waals surface area contributed by atoms with Crippen molar-refractivity contribution in [2.75, 3.05) is 17.6 Å². The van der Waals surface area contributed by atoms with Crippen LogP contribution in [0, 0.1) is 0 Å². The fraction of sp³-hybridized carbons (Fsp3) is 0.600. The normalized spacial score (nSPS) is 12.0. The third-order valence-electron chi connectivity index (χ3n) is 2.91. The number of pyridine rings is 1. The van der Waals surface area contributed by atoms with E-state index in [1.165, 1.54) is 0 Å². The number of aromatic nitrogens is 1. The van der Waals surface area contributed by atoms with Gasteiger partial charge in [0.05, 0.1) is 11.8 Å². The van der Waals surface area contributed by atoms with Crippen molar-refractivity contribution in [1.29, 1.82) is 0 Å². The highest BCUT2D eigenvalue weighted by Gasteiger charge is 2.08. The maximum atomic E-state index is 11.7. The number of nitrogens with two attached hydrogens (primary N) is 1.